The number of aliphatic hydroxyl groups is 1. The molecule has 0 heterocycles. The van der Waals surface area contributed by atoms with E-state index >= 15 is 0 Å². The summed E-state index contributed by atoms with van der Waals surface area (Å²) in [5, 5.41) is 15.2. The lowest BCUT2D eigenvalue weighted by molar-refractivity contribution is 0.188. The van der Waals surface area contributed by atoms with Crippen LogP contribution in [0, 0.1) is 0 Å². The van der Waals surface area contributed by atoms with Gasteiger partial charge in [0.1, 0.15) is 0 Å². The van der Waals surface area contributed by atoms with Crippen LogP contribution in [0.25, 0.3) is 0 Å². The predicted molar refractivity (Wildman–Crippen MR) is 96.9 cm³/mol. The third-order valence-electron chi connectivity index (χ3n) is 4.86. The molecule has 3 N–H and O–H groups in total. The topological polar surface area (TPSA) is 64.6 Å². The van der Waals surface area contributed by atoms with Gasteiger partial charge < -0.3 is 20.6 Å². The fraction of sp³-hybridized carbons (Fsp3) is 0.632. The van der Waals surface area contributed by atoms with Crippen molar-refractivity contribution in [3.05, 3.63) is 35.9 Å². The standard InChI is InChI=1S/C19H31N3O2/c1-22(17-11-6-3-7-12-17)14-8-13-20-19(24)21-18(15-23)16-9-4-2-5-10-16/h2,4-5,9-10,17-18,23H,3,6-8,11-15H2,1H3,(H2,20,21,24). The van der Waals surface area contributed by atoms with E-state index in [1.807, 2.05) is 30.3 Å². The molecule has 1 aliphatic carbocycles. The van der Waals surface area contributed by atoms with Gasteiger partial charge in [-0.15, -0.1) is 0 Å². The molecule has 1 unspecified atom stereocenters. The summed E-state index contributed by atoms with van der Waals surface area (Å²) in [6.07, 6.45) is 7.61. The van der Waals surface area contributed by atoms with E-state index in [1.165, 1.54) is 32.1 Å². The van der Waals surface area contributed by atoms with Crippen LogP contribution in [0.15, 0.2) is 30.3 Å². The molecule has 0 spiro atoms. The Bertz CT molecular complexity index is 475. The molecule has 134 valence electrons. The lowest BCUT2D eigenvalue weighted by Gasteiger charge is -2.31. The molecule has 1 atom stereocenters. The molecule has 0 bridgehead atoms. The van der Waals surface area contributed by atoms with Crippen molar-refractivity contribution in [1.82, 2.24) is 15.5 Å². The number of aliphatic hydroxyl groups excluding tert-OH is 1. The zero-order chi connectivity index (χ0) is 17.2. The van der Waals surface area contributed by atoms with E-state index in [0.717, 1.165) is 18.5 Å². The maximum atomic E-state index is 12.0. The van der Waals surface area contributed by atoms with Crippen LogP contribution in [-0.4, -0.2) is 48.8 Å². The largest absolute Gasteiger partial charge is 0.394 e. The minimum atomic E-state index is -0.365. The van der Waals surface area contributed by atoms with Crippen molar-refractivity contribution in [2.24, 2.45) is 0 Å². The van der Waals surface area contributed by atoms with E-state index < -0.39 is 0 Å². The van der Waals surface area contributed by atoms with Gasteiger partial charge in [0.25, 0.3) is 0 Å². The highest BCUT2D eigenvalue weighted by molar-refractivity contribution is 5.74. The predicted octanol–water partition coefficient (Wildman–Crippen LogP) is 2.67. The highest BCUT2D eigenvalue weighted by Crippen LogP contribution is 2.21. The van der Waals surface area contributed by atoms with Crippen molar-refractivity contribution in [3.8, 4) is 0 Å². The van der Waals surface area contributed by atoms with E-state index in [4.69, 9.17) is 0 Å². The summed E-state index contributed by atoms with van der Waals surface area (Å²) in [7, 11) is 2.19. The molecule has 5 heteroatoms. The van der Waals surface area contributed by atoms with Gasteiger partial charge in [-0.3, -0.25) is 0 Å². The Morgan fingerprint density at radius 2 is 1.96 bits per heavy atom. The van der Waals surface area contributed by atoms with Crippen molar-refractivity contribution in [2.75, 3.05) is 26.7 Å². The number of carbonyl (C=O) groups excluding carboxylic acids is 1. The van der Waals surface area contributed by atoms with Gasteiger partial charge in [-0.2, -0.15) is 0 Å². The van der Waals surface area contributed by atoms with E-state index in [0.29, 0.717) is 12.6 Å². The molecule has 1 fully saturated rings. The lowest BCUT2D eigenvalue weighted by atomic mass is 9.94. The van der Waals surface area contributed by atoms with E-state index in [9.17, 15) is 9.90 Å². The smallest absolute Gasteiger partial charge is 0.315 e. The van der Waals surface area contributed by atoms with E-state index in [-0.39, 0.29) is 18.7 Å². The number of amides is 2. The van der Waals surface area contributed by atoms with Crippen molar-refractivity contribution in [1.29, 1.82) is 0 Å². The second-order valence-electron chi connectivity index (χ2n) is 6.67. The number of urea groups is 1. The van der Waals surface area contributed by atoms with Crippen LogP contribution in [-0.2, 0) is 0 Å². The first-order chi connectivity index (χ1) is 11.7. The molecule has 0 saturated heterocycles. The molecule has 2 rings (SSSR count). The monoisotopic (exact) mass is 333 g/mol. The van der Waals surface area contributed by atoms with Gasteiger partial charge in [-0.25, -0.2) is 4.79 Å². The third kappa shape index (κ3) is 6.13. The van der Waals surface area contributed by atoms with Crippen LogP contribution in [0.2, 0.25) is 0 Å². The summed E-state index contributed by atoms with van der Waals surface area (Å²) in [6.45, 7) is 1.55. The summed E-state index contributed by atoms with van der Waals surface area (Å²) in [6, 6.07) is 9.65. The van der Waals surface area contributed by atoms with E-state index in [1.54, 1.807) is 0 Å². The second-order valence-corrected chi connectivity index (χ2v) is 6.67. The third-order valence-corrected chi connectivity index (χ3v) is 4.86. The van der Waals surface area contributed by atoms with Crippen LogP contribution in [0.1, 0.15) is 50.1 Å². The Labute approximate surface area is 145 Å². The van der Waals surface area contributed by atoms with Gasteiger partial charge in [0.15, 0.2) is 0 Å². The Morgan fingerprint density at radius 1 is 1.25 bits per heavy atom. The van der Waals surface area contributed by atoms with E-state index in [2.05, 4.69) is 22.6 Å². The highest BCUT2D eigenvalue weighted by Gasteiger charge is 2.17. The first-order valence-electron chi connectivity index (χ1n) is 9.11. The zero-order valence-electron chi connectivity index (χ0n) is 14.7. The van der Waals surface area contributed by atoms with Crippen LogP contribution >= 0.6 is 0 Å². The first-order valence-corrected chi connectivity index (χ1v) is 9.11. The van der Waals surface area contributed by atoms with Gasteiger partial charge in [-0.1, -0.05) is 49.6 Å². The fourth-order valence-corrected chi connectivity index (χ4v) is 3.36. The molecule has 0 aromatic heterocycles. The Hall–Kier alpha value is -1.59. The molecular formula is C19H31N3O2. The number of benzene rings is 1. The van der Waals surface area contributed by atoms with Crippen LogP contribution in [0.4, 0.5) is 4.79 Å². The van der Waals surface area contributed by atoms with Crippen molar-refractivity contribution in [3.63, 3.8) is 0 Å². The average molecular weight is 333 g/mol. The van der Waals surface area contributed by atoms with Crippen LogP contribution < -0.4 is 10.6 Å². The molecule has 1 aliphatic rings. The molecular weight excluding hydrogens is 302 g/mol. The van der Waals surface area contributed by atoms with Crippen molar-refractivity contribution >= 4 is 6.03 Å². The number of carbonyl (C=O) groups is 1. The molecule has 1 aromatic rings. The van der Waals surface area contributed by atoms with Gasteiger partial charge >= 0.3 is 6.03 Å². The Kier molecular flexibility index (Phi) is 8.05. The normalized spacial score (nSPS) is 16.8. The number of rotatable bonds is 8. The Balaban J connectivity index is 1.63. The zero-order valence-corrected chi connectivity index (χ0v) is 14.7. The van der Waals surface area contributed by atoms with Gasteiger partial charge in [0.2, 0.25) is 0 Å². The van der Waals surface area contributed by atoms with Crippen LogP contribution in [0.3, 0.4) is 0 Å². The summed E-state index contributed by atoms with van der Waals surface area (Å²) in [5.41, 5.74) is 0.909. The maximum absolute atomic E-state index is 12.0. The molecule has 1 saturated carbocycles. The quantitative estimate of drug-likeness (QED) is 0.641. The molecule has 24 heavy (non-hydrogen) atoms. The van der Waals surface area contributed by atoms with Crippen molar-refractivity contribution in [2.45, 2.75) is 50.6 Å². The van der Waals surface area contributed by atoms with Gasteiger partial charge in [0, 0.05) is 12.6 Å². The number of hydrogen-bond donors (Lipinski definition) is 3. The second kappa shape index (κ2) is 10.3. The number of hydrogen-bond acceptors (Lipinski definition) is 3. The lowest BCUT2D eigenvalue weighted by Crippen LogP contribution is -2.41. The summed E-state index contributed by atoms with van der Waals surface area (Å²) in [5.74, 6) is 0. The van der Waals surface area contributed by atoms with Crippen LogP contribution in [0.5, 0.6) is 0 Å². The average Bonchev–Trinajstić information content (AvgIpc) is 2.64. The summed E-state index contributed by atoms with van der Waals surface area (Å²) < 4.78 is 0. The SMILES string of the molecule is CN(CCCNC(=O)NC(CO)c1ccccc1)C1CCCCC1. The fourth-order valence-electron chi connectivity index (χ4n) is 3.36. The molecule has 2 amide bonds. The summed E-state index contributed by atoms with van der Waals surface area (Å²) in [4.78, 5) is 14.4. The number of nitrogens with zero attached hydrogens (tertiary/aromatic N) is 1. The van der Waals surface area contributed by atoms with Gasteiger partial charge in [-0.05, 0) is 38.4 Å². The molecule has 5 nitrogen and oxygen atoms in total. The molecule has 1 aromatic carbocycles. The van der Waals surface area contributed by atoms with Crippen molar-refractivity contribution < 1.29 is 9.90 Å². The minimum Gasteiger partial charge on any atom is -0.394 e. The Morgan fingerprint density at radius 3 is 2.62 bits per heavy atom. The highest BCUT2D eigenvalue weighted by atomic mass is 16.3. The maximum Gasteiger partial charge on any atom is 0.315 e. The first kappa shape index (κ1) is 18.7. The molecule has 0 radical (unpaired) electrons. The molecule has 0 aliphatic heterocycles. The summed E-state index contributed by atoms with van der Waals surface area (Å²) >= 11 is 0. The minimum absolute atomic E-state index is 0.109. The van der Waals surface area contributed by atoms with Gasteiger partial charge in [0.05, 0.1) is 12.6 Å². The number of nitrogens with one attached hydrogen (secondary N) is 2.